The highest BCUT2D eigenvalue weighted by Crippen LogP contribution is 2.11. The van der Waals surface area contributed by atoms with Crippen LogP contribution in [0.1, 0.15) is 20.3 Å². The Morgan fingerprint density at radius 2 is 2.33 bits per heavy atom. The van der Waals surface area contributed by atoms with Gasteiger partial charge in [-0.2, -0.15) is 0 Å². The van der Waals surface area contributed by atoms with Crippen LogP contribution in [0.25, 0.3) is 0 Å². The molecule has 1 heterocycles. The first kappa shape index (κ1) is 14.7. The van der Waals surface area contributed by atoms with Gasteiger partial charge in [0.2, 0.25) is 0 Å². The number of halogens is 1. The molecular weight excluding hydrogens is 216 g/mol. The van der Waals surface area contributed by atoms with Gasteiger partial charge in [-0.25, -0.2) is 0 Å². The third kappa shape index (κ3) is 3.97. The standard InChI is InChI=1S/C10H20N2O2.ClH/c1-4-14-8(2)10(13)12-6-5-9(7-12)11-3;/h8-9,11H,4-7H2,1-3H3;1H. The molecule has 2 unspecified atom stereocenters. The van der Waals surface area contributed by atoms with Crippen LogP contribution in [0.3, 0.4) is 0 Å². The maximum atomic E-state index is 11.8. The molecule has 1 fully saturated rings. The number of nitrogens with one attached hydrogen (secondary N) is 1. The lowest BCUT2D eigenvalue weighted by molar-refractivity contribution is -0.141. The minimum Gasteiger partial charge on any atom is -0.369 e. The van der Waals surface area contributed by atoms with Crippen molar-refractivity contribution in [2.24, 2.45) is 0 Å². The Bertz CT molecular complexity index is 202. The molecule has 0 aromatic rings. The Balaban J connectivity index is 0.00000196. The van der Waals surface area contributed by atoms with Crippen LogP contribution in [0, 0.1) is 0 Å². The van der Waals surface area contributed by atoms with Crippen molar-refractivity contribution in [2.45, 2.75) is 32.4 Å². The zero-order chi connectivity index (χ0) is 10.6. The van der Waals surface area contributed by atoms with Gasteiger partial charge in [-0.05, 0) is 27.3 Å². The van der Waals surface area contributed by atoms with E-state index in [-0.39, 0.29) is 24.4 Å². The zero-order valence-electron chi connectivity index (χ0n) is 9.66. The van der Waals surface area contributed by atoms with Crippen LogP contribution in [0.2, 0.25) is 0 Å². The first-order chi connectivity index (χ1) is 6.69. The van der Waals surface area contributed by atoms with Gasteiger partial charge in [0.15, 0.2) is 0 Å². The fraction of sp³-hybridized carbons (Fsp3) is 0.900. The molecule has 5 heteroatoms. The summed E-state index contributed by atoms with van der Waals surface area (Å²) < 4.78 is 5.27. The van der Waals surface area contributed by atoms with Crippen molar-refractivity contribution in [3.8, 4) is 0 Å². The molecule has 4 nitrogen and oxygen atoms in total. The Hall–Kier alpha value is -0.320. The molecule has 0 aromatic carbocycles. The number of carbonyl (C=O) groups is 1. The molecule has 0 aliphatic carbocycles. The molecule has 15 heavy (non-hydrogen) atoms. The summed E-state index contributed by atoms with van der Waals surface area (Å²) in [7, 11) is 1.94. The molecule has 0 aromatic heterocycles. The van der Waals surface area contributed by atoms with Crippen LogP contribution >= 0.6 is 12.4 Å². The lowest BCUT2D eigenvalue weighted by Gasteiger charge is -2.20. The second kappa shape index (κ2) is 7.04. The molecule has 1 aliphatic rings. The fourth-order valence-corrected chi connectivity index (χ4v) is 1.77. The van der Waals surface area contributed by atoms with E-state index in [4.69, 9.17) is 4.74 Å². The lowest BCUT2D eigenvalue weighted by Crippen LogP contribution is -2.39. The number of likely N-dealkylation sites (N-methyl/N-ethyl adjacent to an activating group) is 1. The zero-order valence-corrected chi connectivity index (χ0v) is 10.5. The molecule has 90 valence electrons. The van der Waals surface area contributed by atoms with Gasteiger partial charge in [0.25, 0.3) is 5.91 Å². The normalized spacial score (nSPS) is 22.3. The van der Waals surface area contributed by atoms with E-state index in [0.717, 1.165) is 19.5 Å². The van der Waals surface area contributed by atoms with Crippen LogP contribution in [0.5, 0.6) is 0 Å². The summed E-state index contributed by atoms with van der Waals surface area (Å²) in [6.45, 7) is 5.98. The second-order valence-corrected chi connectivity index (χ2v) is 3.66. The summed E-state index contributed by atoms with van der Waals surface area (Å²) in [6, 6.07) is 0.452. The van der Waals surface area contributed by atoms with Crippen LogP contribution in [-0.2, 0) is 9.53 Å². The van der Waals surface area contributed by atoms with Crippen molar-refractivity contribution in [2.75, 3.05) is 26.7 Å². The van der Waals surface area contributed by atoms with Crippen LogP contribution in [-0.4, -0.2) is 49.7 Å². The first-order valence-corrected chi connectivity index (χ1v) is 5.26. The SMILES string of the molecule is CCOC(C)C(=O)N1CCC(NC)C1.Cl. The molecule has 0 spiro atoms. The highest BCUT2D eigenvalue weighted by molar-refractivity contribution is 5.85. The minimum atomic E-state index is -0.296. The Kier molecular flexibility index (Phi) is 6.89. The average molecular weight is 237 g/mol. The molecule has 0 bridgehead atoms. The maximum Gasteiger partial charge on any atom is 0.251 e. The molecule has 1 rings (SSSR count). The summed E-state index contributed by atoms with van der Waals surface area (Å²) in [5.74, 6) is 0.115. The molecule has 1 N–H and O–H groups in total. The van der Waals surface area contributed by atoms with Crippen LogP contribution < -0.4 is 5.32 Å². The number of hydrogen-bond donors (Lipinski definition) is 1. The van der Waals surface area contributed by atoms with Gasteiger partial charge in [0, 0.05) is 25.7 Å². The van der Waals surface area contributed by atoms with Crippen molar-refractivity contribution in [1.29, 1.82) is 0 Å². The number of ether oxygens (including phenoxy) is 1. The lowest BCUT2D eigenvalue weighted by atomic mass is 10.3. The predicted octanol–water partition coefficient (Wildman–Crippen LogP) is 0.654. The largest absolute Gasteiger partial charge is 0.369 e. The van der Waals surface area contributed by atoms with Crippen molar-refractivity contribution >= 4 is 18.3 Å². The van der Waals surface area contributed by atoms with E-state index < -0.39 is 0 Å². The van der Waals surface area contributed by atoms with Gasteiger partial charge in [0.05, 0.1) is 0 Å². The Morgan fingerprint density at radius 1 is 1.67 bits per heavy atom. The average Bonchev–Trinajstić information content (AvgIpc) is 2.65. The second-order valence-electron chi connectivity index (χ2n) is 3.66. The molecule has 1 aliphatic heterocycles. The smallest absolute Gasteiger partial charge is 0.251 e. The van der Waals surface area contributed by atoms with Crippen LogP contribution in [0.4, 0.5) is 0 Å². The number of hydrogen-bond acceptors (Lipinski definition) is 3. The summed E-state index contributed by atoms with van der Waals surface area (Å²) >= 11 is 0. The van der Waals surface area contributed by atoms with Crippen molar-refractivity contribution < 1.29 is 9.53 Å². The van der Waals surface area contributed by atoms with Crippen LogP contribution in [0.15, 0.2) is 0 Å². The minimum absolute atomic E-state index is 0. The summed E-state index contributed by atoms with van der Waals surface area (Å²) in [5, 5.41) is 3.18. The van der Waals surface area contributed by atoms with E-state index in [1.165, 1.54) is 0 Å². The van der Waals surface area contributed by atoms with E-state index in [9.17, 15) is 4.79 Å². The Labute approximate surface area is 97.8 Å². The number of rotatable bonds is 4. The van der Waals surface area contributed by atoms with E-state index >= 15 is 0 Å². The Morgan fingerprint density at radius 3 is 2.80 bits per heavy atom. The topological polar surface area (TPSA) is 41.6 Å². The van der Waals surface area contributed by atoms with E-state index in [0.29, 0.717) is 12.6 Å². The number of amides is 1. The number of likely N-dealkylation sites (tertiary alicyclic amines) is 1. The third-order valence-corrected chi connectivity index (χ3v) is 2.67. The highest BCUT2D eigenvalue weighted by Gasteiger charge is 2.28. The number of nitrogens with zero attached hydrogens (tertiary/aromatic N) is 1. The van der Waals surface area contributed by atoms with Gasteiger partial charge in [-0.15, -0.1) is 12.4 Å². The molecule has 2 atom stereocenters. The molecule has 0 radical (unpaired) electrons. The van der Waals surface area contributed by atoms with Gasteiger partial charge < -0.3 is 15.0 Å². The van der Waals surface area contributed by atoms with Gasteiger partial charge in [0.1, 0.15) is 6.10 Å². The van der Waals surface area contributed by atoms with Crippen molar-refractivity contribution in [3.63, 3.8) is 0 Å². The van der Waals surface area contributed by atoms with Gasteiger partial charge in [-0.3, -0.25) is 4.79 Å². The summed E-state index contributed by atoms with van der Waals surface area (Å²) in [4.78, 5) is 13.6. The van der Waals surface area contributed by atoms with Gasteiger partial charge in [-0.1, -0.05) is 0 Å². The van der Waals surface area contributed by atoms with E-state index in [1.54, 1.807) is 0 Å². The third-order valence-electron chi connectivity index (χ3n) is 2.67. The van der Waals surface area contributed by atoms with E-state index in [2.05, 4.69) is 5.32 Å². The highest BCUT2D eigenvalue weighted by atomic mass is 35.5. The fourth-order valence-electron chi connectivity index (χ4n) is 1.77. The van der Waals surface area contributed by atoms with E-state index in [1.807, 2.05) is 25.8 Å². The van der Waals surface area contributed by atoms with Crippen molar-refractivity contribution in [3.05, 3.63) is 0 Å². The maximum absolute atomic E-state index is 11.8. The quantitative estimate of drug-likeness (QED) is 0.780. The molecule has 0 saturated carbocycles. The predicted molar refractivity (Wildman–Crippen MR) is 62.4 cm³/mol. The van der Waals surface area contributed by atoms with Gasteiger partial charge >= 0.3 is 0 Å². The molecular formula is C10H21ClN2O2. The number of carbonyl (C=O) groups excluding carboxylic acids is 1. The molecule has 1 saturated heterocycles. The summed E-state index contributed by atoms with van der Waals surface area (Å²) in [6.07, 6.45) is 0.747. The van der Waals surface area contributed by atoms with Crippen molar-refractivity contribution in [1.82, 2.24) is 10.2 Å². The first-order valence-electron chi connectivity index (χ1n) is 5.26. The molecule has 1 amide bonds. The summed E-state index contributed by atoms with van der Waals surface area (Å²) in [5.41, 5.74) is 0. The monoisotopic (exact) mass is 236 g/mol.